The van der Waals surface area contributed by atoms with Crippen molar-refractivity contribution in [1.29, 1.82) is 0 Å². The largest absolute Gasteiger partial charge is 0.482 e. The monoisotopic (exact) mass is 401 g/mol. The third-order valence-electron chi connectivity index (χ3n) is 5.07. The number of carbonyl (C=O) groups excluding carboxylic acids is 1. The number of nitrogens with zero attached hydrogens (tertiary/aromatic N) is 1. The summed E-state index contributed by atoms with van der Waals surface area (Å²) in [5.41, 5.74) is 2.42. The van der Waals surface area contributed by atoms with Crippen molar-refractivity contribution in [2.24, 2.45) is 5.92 Å². The van der Waals surface area contributed by atoms with Crippen molar-refractivity contribution < 1.29 is 18.8 Å². The van der Waals surface area contributed by atoms with E-state index in [0.717, 1.165) is 50.2 Å². The van der Waals surface area contributed by atoms with E-state index in [4.69, 9.17) is 26.2 Å². The van der Waals surface area contributed by atoms with Crippen LogP contribution in [0.5, 0.6) is 0 Å². The lowest BCUT2D eigenvalue weighted by Crippen LogP contribution is -2.09. The maximum absolute atomic E-state index is 12.7. The van der Waals surface area contributed by atoms with Gasteiger partial charge in [-0.2, -0.15) is 0 Å². The molecule has 2 heterocycles. The van der Waals surface area contributed by atoms with Crippen LogP contribution < -0.4 is 0 Å². The molecule has 1 atom stereocenters. The molecular weight excluding hydrogens is 374 g/mol. The summed E-state index contributed by atoms with van der Waals surface area (Å²) in [5.74, 6) is 1.19. The minimum absolute atomic E-state index is 0.00517. The number of aromatic nitrogens is 1. The Morgan fingerprint density at radius 1 is 1.29 bits per heavy atom. The van der Waals surface area contributed by atoms with Gasteiger partial charge in [0.2, 0.25) is 0 Å². The maximum Gasteiger partial charge on any atom is 0.185 e. The third kappa shape index (κ3) is 5.97. The Hall–Kier alpha value is -2.05. The van der Waals surface area contributed by atoms with Gasteiger partial charge in [0.15, 0.2) is 16.5 Å². The Labute approximate surface area is 171 Å². The van der Waals surface area contributed by atoms with Crippen LogP contribution in [-0.2, 0) is 28.9 Å². The summed E-state index contributed by atoms with van der Waals surface area (Å²) in [6, 6.07) is 10.3. The van der Waals surface area contributed by atoms with Crippen molar-refractivity contribution in [3.63, 3.8) is 0 Å². The zero-order valence-corrected chi connectivity index (χ0v) is 17.1. The van der Waals surface area contributed by atoms with Crippen LogP contribution in [0.4, 0.5) is 0 Å². The van der Waals surface area contributed by atoms with Crippen molar-refractivity contribution in [2.45, 2.75) is 52.1 Å². The molecule has 1 aromatic heterocycles. The Morgan fingerprint density at radius 2 is 2.11 bits per heavy atom. The van der Waals surface area contributed by atoms with Gasteiger partial charge in [-0.3, -0.25) is 4.79 Å². The molecule has 1 aliphatic heterocycles. The highest BCUT2D eigenvalue weighted by molar-refractivity contribution is 7.80. The van der Waals surface area contributed by atoms with Gasteiger partial charge < -0.3 is 14.0 Å². The number of ketones is 1. The molecule has 0 radical (unpaired) electrons. The van der Waals surface area contributed by atoms with E-state index in [-0.39, 0.29) is 12.4 Å². The first kappa shape index (κ1) is 20.7. The number of ether oxygens (including phenoxy) is 2. The van der Waals surface area contributed by atoms with E-state index < -0.39 is 0 Å². The molecule has 150 valence electrons. The molecule has 0 aliphatic carbocycles. The molecule has 1 fully saturated rings. The highest BCUT2D eigenvalue weighted by Gasteiger charge is 2.24. The van der Waals surface area contributed by atoms with E-state index in [1.54, 1.807) is 6.92 Å². The number of thiocarbonyl (C=S) groups is 1. The zero-order chi connectivity index (χ0) is 19.8. The lowest BCUT2D eigenvalue weighted by molar-refractivity contribution is 0.0960. The van der Waals surface area contributed by atoms with E-state index in [0.29, 0.717) is 29.5 Å². The average Bonchev–Trinajstić information content (AvgIpc) is 3.35. The molecule has 0 amide bonds. The van der Waals surface area contributed by atoms with Gasteiger partial charge in [-0.1, -0.05) is 35.5 Å². The first-order valence-electron chi connectivity index (χ1n) is 9.89. The molecule has 5 nitrogen and oxygen atoms in total. The van der Waals surface area contributed by atoms with Crippen LogP contribution in [0.25, 0.3) is 0 Å². The Balaban J connectivity index is 1.63. The molecule has 2 aromatic rings. The van der Waals surface area contributed by atoms with E-state index in [1.807, 2.05) is 18.2 Å². The van der Waals surface area contributed by atoms with Gasteiger partial charge in [-0.05, 0) is 49.4 Å². The molecular formula is C22H27NO4S. The van der Waals surface area contributed by atoms with Crippen molar-refractivity contribution >= 4 is 23.1 Å². The lowest BCUT2D eigenvalue weighted by Gasteiger charge is -2.08. The van der Waals surface area contributed by atoms with Crippen LogP contribution in [0.3, 0.4) is 0 Å². The SMILES string of the molecule is CC(=S)OCc1c(C(=O)CCC2CCOC2)noc1CCCc1ccccc1. The maximum atomic E-state index is 12.7. The molecule has 0 saturated carbocycles. The van der Waals surface area contributed by atoms with Crippen molar-refractivity contribution in [1.82, 2.24) is 5.16 Å². The quantitative estimate of drug-likeness (QED) is 0.424. The third-order valence-corrected chi connectivity index (χ3v) is 5.19. The number of Topliss-reactive ketones (excluding diaryl/α,β-unsaturated/α-hetero) is 1. The summed E-state index contributed by atoms with van der Waals surface area (Å²) in [4.78, 5) is 12.7. The molecule has 6 heteroatoms. The topological polar surface area (TPSA) is 61.6 Å². The predicted molar refractivity (Wildman–Crippen MR) is 111 cm³/mol. The second-order valence-corrected chi connectivity index (χ2v) is 7.82. The first-order valence-corrected chi connectivity index (χ1v) is 10.3. The van der Waals surface area contributed by atoms with Crippen LogP contribution >= 0.6 is 12.2 Å². The normalized spacial score (nSPS) is 16.2. The number of carbonyl (C=O) groups is 1. The standard InChI is InChI=1S/C22H27NO4S/c1-16(28)26-15-19-21(9-5-8-17-6-3-2-4-7-17)27-23-22(19)20(24)11-10-18-12-13-25-14-18/h2-4,6-7,18H,5,8-15H2,1H3. The van der Waals surface area contributed by atoms with Crippen LogP contribution in [0.15, 0.2) is 34.9 Å². The van der Waals surface area contributed by atoms with Gasteiger partial charge in [0, 0.05) is 33.0 Å². The summed E-state index contributed by atoms with van der Waals surface area (Å²) >= 11 is 5.02. The zero-order valence-electron chi connectivity index (χ0n) is 16.3. The molecule has 1 aromatic carbocycles. The number of benzene rings is 1. The Bertz CT molecular complexity index is 781. The fourth-order valence-corrected chi connectivity index (χ4v) is 3.50. The van der Waals surface area contributed by atoms with Crippen LogP contribution in [0, 0.1) is 5.92 Å². The fraction of sp³-hybridized carbons (Fsp3) is 0.500. The number of hydrogen-bond donors (Lipinski definition) is 0. The number of hydrogen-bond acceptors (Lipinski definition) is 6. The number of aryl methyl sites for hydroxylation is 2. The summed E-state index contributed by atoms with van der Waals surface area (Å²) in [5, 5.41) is 4.53. The van der Waals surface area contributed by atoms with Crippen molar-refractivity contribution in [3.8, 4) is 0 Å². The van der Waals surface area contributed by atoms with Crippen LogP contribution in [0.2, 0.25) is 0 Å². The van der Waals surface area contributed by atoms with Gasteiger partial charge in [0.1, 0.15) is 12.4 Å². The van der Waals surface area contributed by atoms with Crippen LogP contribution in [0.1, 0.15) is 60.0 Å². The minimum atomic E-state index is 0.00517. The molecule has 1 saturated heterocycles. The molecule has 28 heavy (non-hydrogen) atoms. The van der Waals surface area contributed by atoms with Gasteiger partial charge in [0.05, 0.1) is 5.56 Å². The first-order chi connectivity index (χ1) is 13.6. The molecule has 0 bridgehead atoms. The van der Waals surface area contributed by atoms with Crippen molar-refractivity contribution in [3.05, 3.63) is 52.9 Å². The minimum Gasteiger partial charge on any atom is -0.482 e. The van der Waals surface area contributed by atoms with E-state index in [2.05, 4.69) is 17.3 Å². The highest BCUT2D eigenvalue weighted by Crippen LogP contribution is 2.23. The lowest BCUT2D eigenvalue weighted by atomic mass is 9.98. The summed E-state index contributed by atoms with van der Waals surface area (Å²) in [6.07, 6.45) is 4.86. The Morgan fingerprint density at radius 3 is 2.82 bits per heavy atom. The van der Waals surface area contributed by atoms with E-state index in [1.165, 1.54) is 5.56 Å². The second-order valence-electron chi connectivity index (χ2n) is 7.24. The fourth-order valence-electron chi connectivity index (χ4n) is 3.44. The molecule has 0 N–H and O–H groups in total. The van der Waals surface area contributed by atoms with E-state index >= 15 is 0 Å². The molecule has 0 spiro atoms. The predicted octanol–water partition coefficient (Wildman–Crippen LogP) is 4.71. The van der Waals surface area contributed by atoms with Gasteiger partial charge in [-0.15, -0.1) is 0 Å². The summed E-state index contributed by atoms with van der Waals surface area (Å²) in [6.45, 7) is 3.49. The van der Waals surface area contributed by atoms with Crippen molar-refractivity contribution in [2.75, 3.05) is 13.2 Å². The summed E-state index contributed by atoms with van der Waals surface area (Å²) in [7, 11) is 0. The smallest absolute Gasteiger partial charge is 0.185 e. The molecule has 1 aliphatic rings. The second kappa shape index (κ2) is 10.5. The number of rotatable bonds is 10. The molecule has 3 rings (SSSR count). The van der Waals surface area contributed by atoms with Gasteiger partial charge in [-0.25, -0.2) is 0 Å². The van der Waals surface area contributed by atoms with E-state index in [9.17, 15) is 4.79 Å². The Kier molecular flexibility index (Phi) is 7.74. The van der Waals surface area contributed by atoms with Crippen LogP contribution in [-0.4, -0.2) is 29.2 Å². The van der Waals surface area contributed by atoms with Gasteiger partial charge in [0.25, 0.3) is 0 Å². The molecule has 1 unspecified atom stereocenters. The average molecular weight is 402 g/mol. The van der Waals surface area contributed by atoms with Gasteiger partial charge >= 0.3 is 0 Å². The summed E-state index contributed by atoms with van der Waals surface area (Å²) < 4.78 is 16.4. The highest BCUT2D eigenvalue weighted by atomic mass is 32.1.